The molecule has 0 spiro atoms. The molecule has 15 heavy (non-hydrogen) atoms. The van der Waals surface area contributed by atoms with Crippen molar-refractivity contribution < 1.29 is 0 Å². The van der Waals surface area contributed by atoms with E-state index in [0.29, 0.717) is 6.04 Å². The average molecular weight is 209 g/mol. The second-order valence-electron chi connectivity index (χ2n) is 4.29. The smallest absolute Gasteiger partial charge is 0.0951 e. The number of nitrogens with zero attached hydrogens (tertiary/aromatic N) is 2. The number of unbranched alkanes of at least 4 members (excludes halogenated alkanes) is 1. The van der Waals surface area contributed by atoms with Gasteiger partial charge in [0.1, 0.15) is 0 Å². The molecule has 0 aliphatic carbocycles. The van der Waals surface area contributed by atoms with Gasteiger partial charge in [-0.25, -0.2) is 4.98 Å². The van der Waals surface area contributed by atoms with Crippen LogP contribution in [0.2, 0.25) is 0 Å². The molecule has 0 radical (unpaired) electrons. The van der Waals surface area contributed by atoms with Crippen molar-refractivity contribution in [3.63, 3.8) is 0 Å². The maximum atomic E-state index is 4.30. The highest BCUT2D eigenvalue weighted by Crippen LogP contribution is 2.07. The van der Waals surface area contributed by atoms with E-state index in [2.05, 4.69) is 35.6 Å². The van der Waals surface area contributed by atoms with Crippen molar-refractivity contribution in [2.45, 2.75) is 52.6 Å². The molecule has 0 aliphatic rings. The Morgan fingerprint density at radius 3 is 2.67 bits per heavy atom. The number of hydrogen-bond acceptors (Lipinski definition) is 2. The lowest BCUT2D eigenvalue weighted by molar-refractivity contribution is 0.502. The lowest BCUT2D eigenvalue weighted by Crippen LogP contribution is -2.20. The van der Waals surface area contributed by atoms with Crippen LogP contribution in [0.15, 0.2) is 6.33 Å². The molecule has 0 saturated heterocycles. The molecule has 1 heterocycles. The summed E-state index contributed by atoms with van der Waals surface area (Å²) in [7, 11) is 2.02. The van der Waals surface area contributed by atoms with Crippen LogP contribution in [0.1, 0.15) is 37.6 Å². The molecule has 0 aromatic carbocycles. The van der Waals surface area contributed by atoms with E-state index in [4.69, 9.17) is 0 Å². The summed E-state index contributed by atoms with van der Waals surface area (Å²) in [6.07, 6.45) is 5.72. The van der Waals surface area contributed by atoms with Crippen molar-refractivity contribution in [3.05, 3.63) is 17.7 Å². The number of imidazole rings is 1. The molecule has 0 fully saturated rings. The van der Waals surface area contributed by atoms with Gasteiger partial charge < -0.3 is 9.88 Å². The molecule has 0 bridgehead atoms. The van der Waals surface area contributed by atoms with Crippen molar-refractivity contribution in [1.29, 1.82) is 0 Å². The fourth-order valence-electron chi connectivity index (χ4n) is 1.65. The summed E-state index contributed by atoms with van der Waals surface area (Å²) >= 11 is 0. The third kappa shape index (κ3) is 3.67. The van der Waals surface area contributed by atoms with Crippen LogP contribution in [-0.4, -0.2) is 22.6 Å². The molecular formula is C12H23N3. The van der Waals surface area contributed by atoms with Gasteiger partial charge in [-0.2, -0.15) is 0 Å². The summed E-state index contributed by atoms with van der Waals surface area (Å²) in [5, 5.41) is 3.26. The monoisotopic (exact) mass is 209 g/mol. The molecule has 3 nitrogen and oxygen atoms in total. The normalized spacial score (nSPS) is 13.1. The van der Waals surface area contributed by atoms with E-state index < -0.39 is 0 Å². The van der Waals surface area contributed by atoms with Crippen LogP contribution in [0.25, 0.3) is 0 Å². The van der Waals surface area contributed by atoms with E-state index in [9.17, 15) is 0 Å². The van der Waals surface area contributed by atoms with Gasteiger partial charge in [0.25, 0.3) is 0 Å². The van der Waals surface area contributed by atoms with Crippen molar-refractivity contribution in [2.75, 3.05) is 7.05 Å². The van der Waals surface area contributed by atoms with Gasteiger partial charge in [0.15, 0.2) is 0 Å². The van der Waals surface area contributed by atoms with Crippen LogP contribution in [0.3, 0.4) is 0 Å². The van der Waals surface area contributed by atoms with Gasteiger partial charge in [-0.1, -0.05) is 6.42 Å². The van der Waals surface area contributed by atoms with Gasteiger partial charge in [-0.3, -0.25) is 0 Å². The Morgan fingerprint density at radius 2 is 2.13 bits per heavy atom. The second-order valence-corrected chi connectivity index (χ2v) is 4.29. The van der Waals surface area contributed by atoms with Gasteiger partial charge in [0.05, 0.1) is 12.0 Å². The fraction of sp³-hybridized carbons (Fsp3) is 0.750. The van der Waals surface area contributed by atoms with E-state index in [1.54, 1.807) is 0 Å². The van der Waals surface area contributed by atoms with Crippen LogP contribution in [0.4, 0.5) is 0 Å². The molecule has 1 unspecified atom stereocenters. The van der Waals surface area contributed by atoms with Crippen LogP contribution < -0.4 is 5.32 Å². The highest BCUT2D eigenvalue weighted by Gasteiger charge is 2.02. The van der Waals surface area contributed by atoms with Gasteiger partial charge >= 0.3 is 0 Å². The maximum absolute atomic E-state index is 4.30. The minimum absolute atomic E-state index is 0.635. The largest absolute Gasteiger partial charge is 0.335 e. The number of aryl methyl sites for hydroxylation is 2. The number of nitrogens with one attached hydrogen (secondary N) is 1. The molecule has 1 rings (SSSR count). The summed E-state index contributed by atoms with van der Waals surface area (Å²) in [4.78, 5) is 4.30. The van der Waals surface area contributed by atoms with Crippen LogP contribution >= 0.6 is 0 Å². The van der Waals surface area contributed by atoms with Crippen molar-refractivity contribution in [2.24, 2.45) is 0 Å². The Bertz CT molecular complexity index is 291. The van der Waals surface area contributed by atoms with E-state index >= 15 is 0 Å². The molecule has 1 atom stereocenters. The second kappa shape index (κ2) is 5.91. The van der Waals surface area contributed by atoms with Crippen LogP contribution in [0.5, 0.6) is 0 Å². The Kier molecular flexibility index (Phi) is 4.82. The van der Waals surface area contributed by atoms with Gasteiger partial charge in [-0.05, 0) is 40.7 Å². The van der Waals surface area contributed by atoms with Crippen molar-refractivity contribution in [1.82, 2.24) is 14.9 Å². The molecule has 86 valence electrons. The Labute approximate surface area is 92.9 Å². The highest BCUT2D eigenvalue weighted by atomic mass is 15.0. The summed E-state index contributed by atoms with van der Waals surface area (Å²) in [5.74, 6) is 0. The first-order chi connectivity index (χ1) is 7.15. The number of aromatic nitrogens is 2. The molecule has 0 aliphatic heterocycles. The number of rotatable bonds is 6. The average Bonchev–Trinajstić information content (AvgIpc) is 2.55. The van der Waals surface area contributed by atoms with E-state index in [-0.39, 0.29) is 0 Å². The minimum atomic E-state index is 0.635. The maximum Gasteiger partial charge on any atom is 0.0951 e. The first kappa shape index (κ1) is 12.2. The quantitative estimate of drug-likeness (QED) is 0.728. The zero-order valence-corrected chi connectivity index (χ0v) is 10.4. The van der Waals surface area contributed by atoms with E-state index in [1.165, 1.54) is 25.0 Å². The molecule has 0 amide bonds. The summed E-state index contributed by atoms with van der Waals surface area (Å²) in [5.41, 5.74) is 2.45. The molecule has 3 heteroatoms. The lowest BCUT2D eigenvalue weighted by atomic mass is 10.1. The highest BCUT2D eigenvalue weighted by molar-refractivity contribution is 5.08. The van der Waals surface area contributed by atoms with Gasteiger partial charge in [0, 0.05) is 18.3 Å². The molecule has 1 aromatic rings. The van der Waals surface area contributed by atoms with Gasteiger partial charge in [0.2, 0.25) is 0 Å². The fourth-order valence-corrected chi connectivity index (χ4v) is 1.65. The first-order valence-corrected chi connectivity index (χ1v) is 5.80. The Morgan fingerprint density at radius 1 is 1.40 bits per heavy atom. The zero-order chi connectivity index (χ0) is 11.3. The SMILES string of the molecule is CNC(C)CCCCn1cnc(C)c1C. The van der Waals surface area contributed by atoms with Gasteiger partial charge in [-0.15, -0.1) is 0 Å². The Hall–Kier alpha value is -0.830. The predicted molar refractivity (Wildman–Crippen MR) is 64.1 cm³/mol. The summed E-state index contributed by atoms with van der Waals surface area (Å²) < 4.78 is 2.25. The van der Waals surface area contributed by atoms with Crippen molar-refractivity contribution >= 4 is 0 Å². The zero-order valence-electron chi connectivity index (χ0n) is 10.4. The third-order valence-corrected chi connectivity index (χ3v) is 3.12. The first-order valence-electron chi connectivity index (χ1n) is 5.80. The molecular weight excluding hydrogens is 186 g/mol. The van der Waals surface area contributed by atoms with E-state index in [1.807, 2.05) is 13.4 Å². The summed E-state index contributed by atoms with van der Waals surface area (Å²) in [6.45, 7) is 7.53. The molecule has 1 N–H and O–H groups in total. The summed E-state index contributed by atoms with van der Waals surface area (Å²) in [6, 6.07) is 0.635. The van der Waals surface area contributed by atoms with Crippen LogP contribution in [-0.2, 0) is 6.54 Å². The molecule has 0 saturated carbocycles. The van der Waals surface area contributed by atoms with Crippen LogP contribution in [0, 0.1) is 13.8 Å². The Balaban J connectivity index is 2.23. The topological polar surface area (TPSA) is 29.9 Å². The number of hydrogen-bond donors (Lipinski definition) is 1. The molecule has 1 aromatic heterocycles. The minimum Gasteiger partial charge on any atom is -0.335 e. The van der Waals surface area contributed by atoms with E-state index in [0.717, 1.165) is 12.2 Å². The standard InChI is InChI=1S/C12H23N3/c1-10(13-4)7-5-6-8-15-9-14-11(2)12(15)3/h9-10,13H,5-8H2,1-4H3. The van der Waals surface area contributed by atoms with Crippen molar-refractivity contribution in [3.8, 4) is 0 Å². The third-order valence-electron chi connectivity index (χ3n) is 3.12. The predicted octanol–water partition coefficient (Wildman–Crippen LogP) is 2.28. The lowest BCUT2D eigenvalue weighted by Gasteiger charge is -2.10.